The van der Waals surface area contributed by atoms with E-state index in [0.29, 0.717) is 28.3 Å². The minimum Gasteiger partial charge on any atom is -0.481 e. The van der Waals surface area contributed by atoms with E-state index in [2.05, 4.69) is 0 Å². The van der Waals surface area contributed by atoms with E-state index in [-0.39, 0.29) is 43.8 Å². The molecule has 3 aromatic carbocycles. The van der Waals surface area contributed by atoms with Crippen LogP contribution in [0.3, 0.4) is 0 Å². The predicted octanol–water partition coefficient (Wildman–Crippen LogP) is 4.78. The van der Waals surface area contributed by atoms with Gasteiger partial charge < -0.3 is 19.8 Å². The summed E-state index contributed by atoms with van der Waals surface area (Å²) in [7, 11) is 0. The van der Waals surface area contributed by atoms with Crippen molar-refractivity contribution in [2.24, 2.45) is 0 Å². The minimum atomic E-state index is -0.891. The number of anilines is 1. The number of likely N-dealkylation sites (tertiary alicyclic amines) is 1. The zero-order valence-electron chi connectivity index (χ0n) is 22.0. The number of aliphatic carboxylic acids is 1. The molecule has 2 aliphatic heterocycles. The summed E-state index contributed by atoms with van der Waals surface area (Å²) in [4.78, 5) is 55.9. The molecule has 0 saturated carbocycles. The average molecular weight is 560 g/mol. The Morgan fingerprint density at radius 2 is 1.38 bits per heavy atom. The molecule has 1 N–H and O–H groups in total. The molecule has 8 nitrogen and oxygen atoms in total. The van der Waals surface area contributed by atoms with Crippen LogP contribution in [0, 0.1) is 0 Å². The van der Waals surface area contributed by atoms with Gasteiger partial charge in [-0.05, 0) is 78.4 Å². The zero-order chi connectivity index (χ0) is 28.2. The molecule has 0 atom stereocenters. The number of benzene rings is 3. The number of carboxylic acids is 1. The monoisotopic (exact) mass is 559 g/mol. The number of nitrogens with zero attached hydrogens (tertiary/aromatic N) is 3. The fourth-order valence-corrected chi connectivity index (χ4v) is 5.34. The number of carbonyl (C=O) groups is 4. The lowest BCUT2D eigenvalue weighted by Crippen LogP contribution is -2.39. The highest BCUT2D eigenvalue weighted by molar-refractivity contribution is 6.30. The fourth-order valence-electron chi connectivity index (χ4n) is 5.21. The van der Waals surface area contributed by atoms with Crippen molar-refractivity contribution in [2.45, 2.75) is 38.8 Å². The molecule has 0 radical (unpaired) electrons. The van der Waals surface area contributed by atoms with Gasteiger partial charge in [0.15, 0.2) is 0 Å². The Bertz CT molecular complexity index is 1430. The van der Waals surface area contributed by atoms with Gasteiger partial charge in [-0.15, -0.1) is 0 Å². The first-order valence-electron chi connectivity index (χ1n) is 13.4. The van der Waals surface area contributed by atoms with Gasteiger partial charge in [-0.3, -0.25) is 19.2 Å². The smallest absolute Gasteiger partial charge is 0.303 e. The van der Waals surface area contributed by atoms with Crippen molar-refractivity contribution in [3.05, 3.63) is 99.6 Å². The number of carboxylic acid groups (broad SMARTS) is 1. The first kappa shape index (κ1) is 27.4. The topological polar surface area (TPSA) is 98.2 Å². The number of carbonyl (C=O) groups excluding carboxylic acids is 3. The van der Waals surface area contributed by atoms with Gasteiger partial charge in [0, 0.05) is 47.9 Å². The number of rotatable bonds is 7. The maximum absolute atomic E-state index is 13.6. The molecule has 5 rings (SSSR count). The number of fused-ring (bicyclic) bond motifs is 1. The third-order valence-corrected chi connectivity index (χ3v) is 7.62. The Kier molecular flexibility index (Phi) is 8.16. The summed E-state index contributed by atoms with van der Waals surface area (Å²) in [6.07, 6.45) is 2.37. The molecule has 3 aromatic rings. The Labute approximate surface area is 237 Å². The first-order valence-corrected chi connectivity index (χ1v) is 13.7. The number of amides is 3. The molecular weight excluding hydrogens is 530 g/mol. The van der Waals surface area contributed by atoms with Crippen LogP contribution in [0.15, 0.2) is 66.7 Å². The number of hydrogen-bond acceptors (Lipinski definition) is 4. The molecule has 0 spiro atoms. The summed E-state index contributed by atoms with van der Waals surface area (Å²) in [5, 5.41) is 9.65. The van der Waals surface area contributed by atoms with E-state index in [4.69, 9.17) is 16.7 Å². The predicted molar refractivity (Wildman–Crippen MR) is 151 cm³/mol. The molecule has 0 aromatic heterocycles. The minimum absolute atomic E-state index is 0.0165. The third-order valence-electron chi connectivity index (χ3n) is 7.36. The van der Waals surface area contributed by atoms with E-state index in [0.717, 1.165) is 42.6 Å². The Balaban J connectivity index is 1.42. The summed E-state index contributed by atoms with van der Waals surface area (Å²) in [5.74, 6) is -1.40. The molecule has 0 bridgehead atoms. The molecule has 40 heavy (non-hydrogen) atoms. The van der Waals surface area contributed by atoms with Crippen molar-refractivity contribution in [2.75, 3.05) is 24.5 Å². The van der Waals surface area contributed by atoms with E-state index >= 15 is 0 Å². The highest BCUT2D eigenvalue weighted by Gasteiger charge is 2.30. The summed E-state index contributed by atoms with van der Waals surface area (Å²) in [6, 6.07) is 19.4. The summed E-state index contributed by atoms with van der Waals surface area (Å²) in [6.45, 7) is 1.90. The first-order chi connectivity index (χ1) is 19.3. The van der Waals surface area contributed by atoms with Gasteiger partial charge in [0.1, 0.15) is 6.54 Å². The molecule has 1 saturated heterocycles. The number of aryl methyl sites for hydroxylation is 1. The second-order valence-electron chi connectivity index (χ2n) is 10.2. The van der Waals surface area contributed by atoms with Gasteiger partial charge in [-0.25, -0.2) is 0 Å². The molecule has 3 amide bonds. The maximum Gasteiger partial charge on any atom is 0.303 e. The largest absolute Gasteiger partial charge is 0.481 e. The van der Waals surface area contributed by atoms with E-state index < -0.39 is 5.97 Å². The van der Waals surface area contributed by atoms with Crippen molar-refractivity contribution in [3.63, 3.8) is 0 Å². The number of halogens is 1. The molecule has 206 valence electrons. The van der Waals surface area contributed by atoms with Crippen LogP contribution in [-0.2, 0) is 29.1 Å². The van der Waals surface area contributed by atoms with Crippen LogP contribution in [-0.4, -0.2) is 58.2 Å². The van der Waals surface area contributed by atoms with E-state index in [1.807, 2.05) is 35.2 Å². The normalized spacial score (nSPS) is 15.1. The maximum atomic E-state index is 13.6. The summed E-state index contributed by atoms with van der Waals surface area (Å²) in [5.41, 5.74) is 4.15. The molecule has 9 heteroatoms. The molecule has 0 aliphatic carbocycles. The zero-order valence-corrected chi connectivity index (χ0v) is 22.8. The van der Waals surface area contributed by atoms with Crippen molar-refractivity contribution < 1.29 is 24.3 Å². The standard InChI is InChI=1S/C31H30ClN3O5/c32-26-11-9-24(10-12-26)31(40)34-19-25-17-21(6-14-29(37)38)5-13-27(25)35(28(36)20-34)18-22-3-7-23(8-4-22)30(39)33-15-1-2-16-33/h3-5,7-13,17H,1-2,6,14-16,18-20H2,(H,37,38). The van der Waals surface area contributed by atoms with Crippen molar-refractivity contribution in [3.8, 4) is 0 Å². The Morgan fingerprint density at radius 3 is 2.02 bits per heavy atom. The van der Waals surface area contributed by atoms with Crippen molar-refractivity contribution in [1.29, 1.82) is 0 Å². The van der Waals surface area contributed by atoms with Crippen molar-refractivity contribution in [1.82, 2.24) is 9.80 Å². The highest BCUT2D eigenvalue weighted by Crippen LogP contribution is 2.30. The molecule has 2 heterocycles. The van der Waals surface area contributed by atoms with Crippen molar-refractivity contribution >= 4 is 41.0 Å². The van der Waals surface area contributed by atoms with Crippen LogP contribution in [0.4, 0.5) is 5.69 Å². The second kappa shape index (κ2) is 11.9. The molecule has 2 aliphatic rings. The van der Waals surface area contributed by atoms with Crippen LogP contribution in [0.1, 0.15) is 56.7 Å². The summed E-state index contributed by atoms with van der Waals surface area (Å²) >= 11 is 6.00. The van der Waals surface area contributed by atoms with Gasteiger partial charge >= 0.3 is 5.97 Å². The lowest BCUT2D eigenvalue weighted by atomic mass is 10.0. The second-order valence-corrected chi connectivity index (χ2v) is 10.6. The lowest BCUT2D eigenvalue weighted by Gasteiger charge is -2.24. The highest BCUT2D eigenvalue weighted by atomic mass is 35.5. The number of hydrogen-bond donors (Lipinski definition) is 1. The molecule has 1 fully saturated rings. The molecular formula is C31H30ClN3O5. The van der Waals surface area contributed by atoms with E-state index in [1.165, 1.54) is 4.90 Å². The van der Waals surface area contributed by atoms with Crippen LogP contribution >= 0.6 is 11.6 Å². The van der Waals surface area contributed by atoms with Crippen LogP contribution in [0.2, 0.25) is 5.02 Å². The van der Waals surface area contributed by atoms with Gasteiger partial charge in [-0.1, -0.05) is 35.9 Å². The van der Waals surface area contributed by atoms with Gasteiger partial charge in [-0.2, -0.15) is 0 Å². The molecule has 0 unspecified atom stereocenters. The fraction of sp³-hybridized carbons (Fsp3) is 0.290. The lowest BCUT2D eigenvalue weighted by molar-refractivity contribution is -0.137. The summed E-state index contributed by atoms with van der Waals surface area (Å²) < 4.78 is 0. The van der Waals surface area contributed by atoms with Gasteiger partial charge in [0.05, 0.1) is 6.54 Å². The average Bonchev–Trinajstić information content (AvgIpc) is 3.46. The van der Waals surface area contributed by atoms with Crippen LogP contribution in [0.5, 0.6) is 0 Å². The van der Waals surface area contributed by atoms with E-state index in [9.17, 15) is 19.2 Å². The van der Waals surface area contributed by atoms with Gasteiger partial charge in [0.2, 0.25) is 5.91 Å². The van der Waals surface area contributed by atoms with E-state index in [1.54, 1.807) is 41.3 Å². The third kappa shape index (κ3) is 6.18. The van der Waals surface area contributed by atoms with Crippen LogP contribution < -0.4 is 4.90 Å². The quantitative estimate of drug-likeness (QED) is 0.449. The van der Waals surface area contributed by atoms with Gasteiger partial charge in [0.25, 0.3) is 11.8 Å². The Morgan fingerprint density at radius 1 is 0.775 bits per heavy atom. The Hall–Kier alpha value is -4.17. The van der Waals surface area contributed by atoms with Crippen LogP contribution in [0.25, 0.3) is 0 Å². The SMILES string of the molecule is O=C(O)CCc1ccc2c(c1)CN(C(=O)c1ccc(Cl)cc1)CC(=O)N2Cc1ccc(C(=O)N2CCCC2)cc1.